The Morgan fingerprint density at radius 2 is 1.44 bits per heavy atom. The van der Waals surface area contributed by atoms with Crippen molar-refractivity contribution in [1.29, 1.82) is 0 Å². The van der Waals surface area contributed by atoms with Crippen LogP contribution in [0.2, 0.25) is 0 Å². The maximum Gasteiger partial charge on any atom is 0.413 e. The number of esters is 1. The van der Waals surface area contributed by atoms with Crippen LogP contribution in [0.5, 0.6) is 0 Å². The predicted molar refractivity (Wildman–Crippen MR) is 84.1 cm³/mol. The summed E-state index contributed by atoms with van der Waals surface area (Å²) in [6.07, 6.45) is -14.9. The van der Waals surface area contributed by atoms with E-state index >= 15 is 0 Å². The number of ether oxygens (including phenoxy) is 1. The van der Waals surface area contributed by atoms with Gasteiger partial charge < -0.3 is 4.74 Å². The SMILES string of the molecule is COC(=O)C(CCC(=O)c1ccc2ccccc2c1)(C(F)(F)F)C(F)(F)F. The Morgan fingerprint density at radius 1 is 0.889 bits per heavy atom. The van der Waals surface area contributed by atoms with Crippen molar-refractivity contribution in [1.82, 2.24) is 0 Å². The van der Waals surface area contributed by atoms with Gasteiger partial charge >= 0.3 is 18.3 Å². The quantitative estimate of drug-likeness (QED) is 0.405. The van der Waals surface area contributed by atoms with Gasteiger partial charge in [0.2, 0.25) is 0 Å². The zero-order chi connectivity index (χ0) is 20.5. The molecule has 0 saturated heterocycles. The highest BCUT2D eigenvalue weighted by Crippen LogP contribution is 2.54. The monoisotopic (exact) mass is 392 g/mol. The molecule has 0 N–H and O–H groups in total. The second kappa shape index (κ2) is 7.21. The Morgan fingerprint density at radius 3 is 1.96 bits per heavy atom. The van der Waals surface area contributed by atoms with Gasteiger partial charge in [-0.05, 0) is 23.3 Å². The van der Waals surface area contributed by atoms with Crippen LogP contribution in [0.25, 0.3) is 10.8 Å². The Labute approximate surface area is 149 Å². The van der Waals surface area contributed by atoms with Gasteiger partial charge in [-0.1, -0.05) is 36.4 Å². The van der Waals surface area contributed by atoms with Crippen LogP contribution in [0.15, 0.2) is 42.5 Å². The first-order chi connectivity index (χ1) is 12.4. The Kier molecular flexibility index (Phi) is 5.53. The normalized spacial score (nSPS) is 12.9. The van der Waals surface area contributed by atoms with Crippen LogP contribution in [0.3, 0.4) is 0 Å². The van der Waals surface area contributed by atoms with E-state index in [1.54, 1.807) is 24.3 Å². The molecule has 0 aliphatic carbocycles. The molecule has 0 radical (unpaired) electrons. The summed E-state index contributed by atoms with van der Waals surface area (Å²) in [6.45, 7) is 0. The molecule has 0 unspecified atom stereocenters. The first-order valence-corrected chi connectivity index (χ1v) is 7.68. The third kappa shape index (κ3) is 3.77. The number of rotatable bonds is 5. The number of alkyl halides is 6. The smallest absolute Gasteiger partial charge is 0.413 e. The van der Waals surface area contributed by atoms with Gasteiger partial charge in [0.1, 0.15) is 0 Å². The van der Waals surface area contributed by atoms with Gasteiger partial charge in [-0.2, -0.15) is 26.3 Å². The minimum absolute atomic E-state index is 0.0446. The number of hydrogen-bond donors (Lipinski definition) is 0. The average molecular weight is 392 g/mol. The summed E-state index contributed by atoms with van der Waals surface area (Å²) in [4.78, 5) is 23.7. The number of carbonyl (C=O) groups excluding carboxylic acids is 2. The fraction of sp³-hybridized carbons (Fsp3) is 0.333. The molecule has 9 heteroatoms. The van der Waals surface area contributed by atoms with E-state index in [2.05, 4.69) is 4.74 Å². The van der Waals surface area contributed by atoms with Gasteiger partial charge in [-0.3, -0.25) is 9.59 Å². The second-order valence-corrected chi connectivity index (χ2v) is 5.88. The van der Waals surface area contributed by atoms with E-state index in [9.17, 15) is 35.9 Å². The van der Waals surface area contributed by atoms with Gasteiger partial charge in [0, 0.05) is 12.0 Å². The molecular formula is C18H14F6O3. The highest BCUT2D eigenvalue weighted by Gasteiger charge is 2.76. The highest BCUT2D eigenvalue weighted by molar-refractivity contribution is 6.00. The van der Waals surface area contributed by atoms with Crippen molar-refractivity contribution in [3.8, 4) is 0 Å². The predicted octanol–water partition coefficient (Wildman–Crippen LogP) is 5.09. The Balaban J connectivity index is 2.35. The third-order valence-corrected chi connectivity index (χ3v) is 4.30. The van der Waals surface area contributed by atoms with Crippen LogP contribution >= 0.6 is 0 Å². The molecule has 0 amide bonds. The minimum Gasteiger partial charge on any atom is -0.468 e. The fourth-order valence-electron chi connectivity index (χ4n) is 2.76. The van der Waals surface area contributed by atoms with Crippen molar-refractivity contribution in [2.45, 2.75) is 25.2 Å². The summed E-state index contributed by atoms with van der Waals surface area (Å²) in [7, 11) is 0.430. The fourth-order valence-corrected chi connectivity index (χ4v) is 2.76. The van der Waals surface area contributed by atoms with E-state index < -0.39 is 42.4 Å². The van der Waals surface area contributed by atoms with E-state index in [1.165, 1.54) is 18.2 Å². The van der Waals surface area contributed by atoms with Crippen molar-refractivity contribution in [2.24, 2.45) is 5.41 Å². The number of Topliss-reactive ketones (excluding diaryl/α,β-unsaturated/α-hetero) is 1. The molecule has 2 aromatic rings. The van der Waals surface area contributed by atoms with Crippen LogP contribution < -0.4 is 0 Å². The lowest BCUT2D eigenvalue weighted by Gasteiger charge is -2.34. The number of benzene rings is 2. The first-order valence-electron chi connectivity index (χ1n) is 7.68. The molecule has 2 aromatic carbocycles. The largest absolute Gasteiger partial charge is 0.468 e. The van der Waals surface area contributed by atoms with Gasteiger partial charge in [0.25, 0.3) is 5.41 Å². The Hall–Kier alpha value is -2.58. The molecule has 0 bridgehead atoms. The van der Waals surface area contributed by atoms with Gasteiger partial charge in [0.05, 0.1) is 7.11 Å². The molecule has 146 valence electrons. The molecule has 0 fully saturated rings. The zero-order valence-corrected chi connectivity index (χ0v) is 13.9. The van der Waals surface area contributed by atoms with Crippen LogP contribution in [-0.4, -0.2) is 31.2 Å². The topological polar surface area (TPSA) is 43.4 Å². The summed E-state index contributed by atoms with van der Waals surface area (Å²) in [5.41, 5.74) is -4.81. The highest BCUT2D eigenvalue weighted by atomic mass is 19.4. The molecular weight excluding hydrogens is 378 g/mol. The van der Waals surface area contributed by atoms with E-state index in [4.69, 9.17) is 0 Å². The van der Waals surface area contributed by atoms with E-state index in [1.807, 2.05) is 0 Å². The van der Waals surface area contributed by atoms with Crippen molar-refractivity contribution in [3.63, 3.8) is 0 Å². The number of fused-ring (bicyclic) bond motifs is 1. The van der Waals surface area contributed by atoms with Crippen molar-refractivity contribution < 1.29 is 40.7 Å². The first kappa shape index (κ1) is 20.7. The summed E-state index contributed by atoms with van der Waals surface area (Å²) in [5.74, 6) is -3.43. The second-order valence-electron chi connectivity index (χ2n) is 5.88. The van der Waals surface area contributed by atoms with E-state index in [-0.39, 0.29) is 5.56 Å². The molecule has 0 heterocycles. The molecule has 0 aromatic heterocycles. The lowest BCUT2D eigenvalue weighted by molar-refractivity contribution is -0.333. The van der Waals surface area contributed by atoms with Gasteiger partial charge in [-0.25, -0.2) is 0 Å². The summed E-state index contributed by atoms with van der Waals surface area (Å²) >= 11 is 0. The maximum atomic E-state index is 13.2. The van der Waals surface area contributed by atoms with E-state index in [0.717, 1.165) is 5.39 Å². The molecule has 3 nitrogen and oxygen atoms in total. The lowest BCUT2D eigenvalue weighted by Crippen LogP contribution is -2.56. The van der Waals surface area contributed by atoms with Crippen molar-refractivity contribution in [3.05, 3.63) is 48.0 Å². The number of halogens is 6. The minimum atomic E-state index is -5.97. The number of ketones is 1. The number of carbonyl (C=O) groups is 2. The molecule has 2 rings (SSSR count). The molecule has 0 saturated carbocycles. The molecule has 0 aliphatic heterocycles. The Bertz CT molecular complexity index is 840. The molecule has 0 atom stereocenters. The van der Waals surface area contributed by atoms with Crippen LogP contribution in [0.4, 0.5) is 26.3 Å². The van der Waals surface area contributed by atoms with Crippen LogP contribution in [0.1, 0.15) is 23.2 Å². The lowest BCUT2D eigenvalue weighted by atomic mass is 9.80. The van der Waals surface area contributed by atoms with Crippen LogP contribution in [-0.2, 0) is 9.53 Å². The summed E-state index contributed by atoms with van der Waals surface area (Å²) in [6, 6.07) is 11.0. The van der Waals surface area contributed by atoms with Gasteiger partial charge in [0.15, 0.2) is 5.78 Å². The number of hydrogen-bond acceptors (Lipinski definition) is 3. The van der Waals surface area contributed by atoms with E-state index in [0.29, 0.717) is 12.5 Å². The maximum absolute atomic E-state index is 13.2. The number of methoxy groups -OCH3 is 1. The average Bonchev–Trinajstić information content (AvgIpc) is 2.58. The van der Waals surface area contributed by atoms with Gasteiger partial charge in [-0.15, -0.1) is 0 Å². The molecule has 27 heavy (non-hydrogen) atoms. The van der Waals surface area contributed by atoms with Crippen LogP contribution in [0, 0.1) is 5.41 Å². The van der Waals surface area contributed by atoms with Crippen molar-refractivity contribution in [2.75, 3.05) is 7.11 Å². The third-order valence-electron chi connectivity index (χ3n) is 4.30. The standard InChI is InChI=1S/C18H14F6O3/c1-27-15(26)16(17(19,20)21,18(22,23)24)9-8-14(25)13-7-6-11-4-2-3-5-12(11)10-13/h2-7,10H,8-9H2,1H3. The van der Waals surface area contributed by atoms with Crippen molar-refractivity contribution >= 4 is 22.5 Å². The summed E-state index contributed by atoms with van der Waals surface area (Å²) in [5, 5.41) is 1.36. The molecule has 0 aliphatic rings. The molecule has 0 spiro atoms. The zero-order valence-electron chi connectivity index (χ0n) is 13.9. The summed E-state index contributed by atoms with van der Waals surface area (Å²) < 4.78 is 83.2.